The highest BCUT2D eigenvalue weighted by atomic mass is 32.2. The topological polar surface area (TPSA) is 77.5 Å². The van der Waals surface area contributed by atoms with Crippen molar-refractivity contribution in [3.8, 4) is 5.75 Å². The van der Waals surface area contributed by atoms with Crippen LogP contribution in [-0.4, -0.2) is 23.1 Å². The Morgan fingerprint density at radius 2 is 1.46 bits per heavy atom. The summed E-state index contributed by atoms with van der Waals surface area (Å²) in [5.74, 6) is -0.533. The van der Waals surface area contributed by atoms with E-state index in [9.17, 15) is 30.0 Å². The van der Waals surface area contributed by atoms with Gasteiger partial charge in [0.05, 0.1) is 10.5 Å². The van der Waals surface area contributed by atoms with E-state index in [4.69, 9.17) is 0 Å². The number of halogens is 3. The van der Waals surface area contributed by atoms with Crippen molar-refractivity contribution in [1.82, 2.24) is 0 Å². The molecule has 0 saturated heterocycles. The summed E-state index contributed by atoms with van der Waals surface area (Å²) in [5, 5.41) is 0. The Labute approximate surface area is 136 Å². The van der Waals surface area contributed by atoms with Crippen molar-refractivity contribution in [2.45, 2.75) is 16.0 Å². The van der Waals surface area contributed by atoms with Gasteiger partial charge < -0.3 is 4.18 Å². The summed E-state index contributed by atoms with van der Waals surface area (Å²) in [7, 11) is -8.14. The molecule has 0 spiro atoms. The second-order valence-electron chi connectivity index (χ2n) is 4.81. The van der Waals surface area contributed by atoms with Crippen molar-refractivity contribution in [2.75, 3.05) is 6.26 Å². The van der Waals surface area contributed by atoms with Crippen LogP contribution in [0, 0.1) is 0 Å². The highest BCUT2D eigenvalue weighted by molar-refractivity contribution is 7.90. The Balaban J connectivity index is 2.40. The minimum absolute atomic E-state index is 0.254. The fraction of sp³-hybridized carbons (Fsp3) is 0.143. The fourth-order valence-electron chi connectivity index (χ4n) is 1.76. The van der Waals surface area contributed by atoms with Crippen LogP contribution in [0.2, 0.25) is 0 Å². The molecule has 0 heterocycles. The summed E-state index contributed by atoms with van der Waals surface area (Å²) in [5.41, 5.74) is -1.07. The number of sulfone groups is 1. The van der Waals surface area contributed by atoms with E-state index in [1.165, 1.54) is 12.1 Å². The van der Waals surface area contributed by atoms with Gasteiger partial charge in [-0.3, -0.25) is 0 Å². The molecule has 5 nitrogen and oxygen atoms in total. The molecule has 130 valence electrons. The van der Waals surface area contributed by atoms with Crippen LogP contribution in [0.15, 0.2) is 58.3 Å². The summed E-state index contributed by atoms with van der Waals surface area (Å²) in [6.45, 7) is 0. The number of benzene rings is 2. The lowest BCUT2D eigenvalue weighted by Crippen LogP contribution is -2.12. The summed E-state index contributed by atoms with van der Waals surface area (Å²) >= 11 is 0. The largest absolute Gasteiger partial charge is 0.416 e. The molecule has 0 aliphatic rings. The Kier molecular flexibility index (Phi) is 4.64. The predicted octanol–water partition coefficient (Wildman–Crippen LogP) is 2.88. The van der Waals surface area contributed by atoms with Crippen molar-refractivity contribution in [1.29, 1.82) is 0 Å². The van der Waals surface area contributed by atoms with Crippen molar-refractivity contribution < 1.29 is 34.2 Å². The maximum absolute atomic E-state index is 12.6. The number of hydrogen-bond donors (Lipinski definition) is 0. The molecule has 0 atom stereocenters. The first-order valence-electron chi connectivity index (χ1n) is 6.31. The lowest BCUT2D eigenvalue weighted by Gasteiger charge is -2.10. The monoisotopic (exact) mass is 380 g/mol. The number of alkyl halides is 3. The van der Waals surface area contributed by atoms with Crippen molar-refractivity contribution in [2.24, 2.45) is 0 Å². The number of rotatable bonds is 4. The molecular formula is C14H11F3O5S2. The van der Waals surface area contributed by atoms with Crippen LogP contribution in [-0.2, 0) is 26.1 Å². The van der Waals surface area contributed by atoms with Crippen molar-refractivity contribution >= 4 is 20.0 Å². The Bertz CT molecular complexity index is 964. The van der Waals surface area contributed by atoms with Crippen LogP contribution in [0.1, 0.15) is 5.56 Å². The van der Waals surface area contributed by atoms with E-state index in [1.807, 2.05) is 0 Å². The zero-order valence-corrected chi connectivity index (χ0v) is 13.7. The molecule has 0 unspecified atom stereocenters. The second-order valence-corrected chi connectivity index (χ2v) is 8.37. The van der Waals surface area contributed by atoms with Gasteiger partial charge in [-0.25, -0.2) is 8.42 Å². The molecule has 0 aliphatic carbocycles. The van der Waals surface area contributed by atoms with Gasteiger partial charge in [0.25, 0.3) is 0 Å². The van der Waals surface area contributed by atoms with Crippen LogP contribution in [0.3, 0.4) is 0 Å². The van der Waals surface area contributed by atoms with Crippen LogP contribution in [0.25, 0.3) is 0 Å². The van der Waals surface area contributed by atoms with Crippen molar-refractivity contribution in [3.63, 3.8) is 0 Å². The molecule has 0 bridgehead atoms. The molecule has 0 saturated carbocycles. The zero-order valence-electron chi connectivity index (χ0n) is 12.1. The zero-order chi connectivity index (χ0) is 18.2. The minimum atomic E-state index is -4.65. The van der Waals surface area contributed by atoms with Gasteiger partial charge in [0, 0.05) is 6.26 Å². The highest BCUT2D eigenvalue weighted by Crippen LogP contribution is 2.32. The third-order valence-corrected chi connectivity index (χ3v) is 5.24. The lowest BCUT2D eigenvalue weighted by molar-refractivity contribution is -0.137. The lowest BCUT2D eigenvalue weighted by atomic mass is 10.2. The molecule has 0 amide bonds. The average molecular weight is 380 g/mol. The third kappa shape index (κ3) is 4.26. The first-order chi connectivity index (χ1) is 10.9. The van der Waals surface area contributed by atoms with Gasteiger partial charge in [-0.2, -0.15) is 21.6 Å². The number of hydrogen-bond acceptors (Lipinski definition) is 5. The SMILES string of the molecule is CS(=O)(=O)c1cccc(S(=O)(=O)Oc2cccc(C(F)(F)F)c2)c1. The van der Waals surface area contributed by atoms with Gasteiger partial charge in [-0.1, -0.05) is 12.1 Å². The molecule has 0 fully saturated rings. The van der Waals surface area contributed by atoms with Gasteiger partial charge in [-0.05, 0) is 36.4 Å². The fourth-order valence-corrected chi connectivity index (χ4v) is 3.47. The first kappa shape index (κ1) is 18.3. The summed E-state index contributed by atoms with van der Waals surface area (Å²) in [4.78, 5) is -0.737. The molecule has 0 N–H and O–H groups in total. The van der Waals surface area contributed by atoms with Gasteiger partial charge in [0.1, 0.15) is 10.6 Å². The quantitative estimate of drug-likeness (QED) is 0.763. The van der Waals surface area contributed by atoms with Crippen LogP contribution in [0.4, 0.5) is 13.2 Å². The van der Waals surface area contributed by atoms with Crippen LogP contribution in [0.5, 0.6) is 5.75 Å². The summed E-state index contributed by atoms with van der Waals surface area (Å²) < 4.78 is 89.8. The Morgan fingerprint density at radius 3 is 2.04 bits per heavy atom. The van der Waals surface area contributed by atoms with E-state index in [0.717, 1.165) is 36.6 Å². The standard InChI is InChI=1S/C14H11F3O5S2/c1-23(18,19)12-6-3-7-13(9-12)24(20,21)22-11-5-2-4-10(8-11)14(15,16)17/h2-9H,1H3. The molecule has 2 aromatic rings. The molecule has 0 aromatic heterocycles. The van der Waals surface area contributed by atoms with Crippen molar-refractivity contribution in [3.05, 3.63) is 54.1 Å². The molecule has 0 radical (unpaired) electrons. The molecule has 2 rings (SSSR count). The normalized spacial score (nSPS) is 12.8. The van der Waals surface area contributed by atoms with Gasteiger partial charge in [0.2, 0.25) is 0 Å². The van der Waals surface area contributed by atoms with E-state index in [1.54, 1.807) is 0 Å². The van der Waals surface area contributed by atoms with E-state index in [2.05, 4.69) is 4.18 Å². The van der Waals surface area contributed by atoms with Gasteiger partial charge >= 0.3 is 16.3 Å². The Hall–Kier alpha value is -2.07. The maximum Gasteiger partial charge on any atom is 0.416 e. The third-order valence-electron chi connectivity index (χ3n) is 2.89. The molecule has 0 aliphatic heterocycles. The Morgan fingerprint density at radius 1 is 0.875 bits per heavy atom. The maximum atomic E-state index is 12.6. The van der Waals surface area contributed by atoms with Crippen LogP contribution >= 0.6 is 0 Å². The molecular weight excluding hydrogens is 369 g/mol. The smallest absolute Gasteiger partial charge is 0.379 e. The van der Waals surface area contributed by atoms with Gasteiger partial charge in [0.15, 0.2) is 9.84 Å². The summed E-state index contributed by atoms with van der Waals surface area (Å²) in [6.07, 6.45) is -3.76. The molecule has 10 heteroatoms. The van der Waals surface area contributed by atoms with E-state index >= 15 is 0 Å². The van der Waals surface area contributed by atoms with E-state index < -0.39 is 42.3 Å². The predicted molar refractivity (Wildman–Crippen MR) is 78.8 cm³/mol. The highest BCUT2D eigenvalue weighted by Gasteiger charge is 2.31. The van der Waals surface area contributed by atoms with Crippen LogP contribution < -0.4 is 4.18 Å². The second kappa shape index (κ2) is 6.10. The summed E-state index contributed by atoms with van der Waals surface area (Å²) in [6, 6.07) is 7.70. The molecule has 2 aromatic carbocycles. The van der Waals surface area contributed by atoms with E-state index in [-0.39, 0.29) is 4.90 Å². The average Bonchev–Trinajstić information content (AvgIpc) is 2.45. The minimum Gasteiger partial charge on any atom is -0.379 e. The first-order valence-corrected chi connectivity index (χ1v) is 9.61. The molecule has 24 heavy (non-hydrogen) atoms. The van der Waals surface area contributed by atoms with Gasteiger partial charge in [-0.15, -0.1) is 0 Å². The van der Waals surface area contributed by atoms with E-state index in [0.29, 0.717) is 6.07 Å².